The number of nitrogens with zero attached hydrogens (tertiary/aromatic N) is 8. The van der Waals surface area contributed by atoms with Gasteiger partial charge >= 0.3 is 0 Å². The Morgan fingerprint density at radius 2 is 1.96 bits per heavy atom. The summed E-state index contributed by atoms with van der Waals surface area (Å²) in [4.78, 5) is 8.92. The van der Waals surface area contributed by atoms with E-state index in [0.717, 1.165) is 37.8 Å². The molecule has 1 saturated heterocycles. The van der Waals surface area contributed by atoms with E-state index < -0.39 is 0 Å². The van der Waals surface area contributed by atoms with Crippen LogP contribution in [0, 0.1) is 11.3 Å². The molecule has 0 aliphatic carbocycles. The van der Waals surface area contributed by atoms with Gasteiger partial charge in [0.25, 0.3) is 0 Å². The van der Waals surface area contributed by atoms with Crippen molar-refractivity contribution < 1.29 is 0 Å². The second-order valence-corrected chi connectivity index (χ2v) is 7.01. The van der Waals surface area contributed by atoms with Crippen molar-refractivity contribution in [2.75, 3.05) is 31.1 Å². The summed E-state index contributed by atoms with van der Waals surface area (Å²) in [5.41, 5.74) is 0.568. The van der Waals surface area contributed by atoms with Gasteiger partial charge in [0.2, 0.25) is 0 Å². The molecule has 0 aromatic carbocycles. The maximum Gasteiger partial charge on any atom is 0.158 e. The Labute approximate surface area is 141 Å². The SMILES string of the molecule is CC(C)(C)c1nnnn1CN1CCN(c2cc(C#N)ccn2)CC1. The second-order valence-electron chi connectivity index (χ2n) is 7.01. The number of nitriles is 1. The lowest BCUT2D eigenvalue weighted by atomic mass is 9.96. The second kappa shape index (κ2) is 6.53. The molecule has 0 saturated carbocycles. The summed E-state index contributed by atoms with van der Waals surface area (Å²) in [5.74, 6) is 1.76. The van der Waals surface area contributed by atoms with E-state index in [1.165, 1.54) is 0 Å². The fourth-order valence-electron chi connectivity index (χ4n) is 2.81. The van der Waals surface area contributed by atoms with E-state index in [9.17, 15) is 0 Å². The summed E-state index contributed by atoms with van der Waals surface area (Å²) in [5, 5.41) is 21.1. The van der Waals surface area contributed by atoms with Crippen LogP contribution >= 0.6 is 0 Å². The standard InChI is InChI=1S/C16H22N8/c1-16(2,3)15-19-20-21-24(15)12-22-6-8-23(9-7-22)14-10-13(11-17)4-5-18-14/h4-5,10H,6-9,12H2,1-3H3. The van der Waals surface area contributed by atoms with Crippen LogP contribution in [0.1, 0.15) is 32.2 Å². The Morgan fingerprint density at radius 1 is 1.21 bits per heavy atom. The number of hydrogen-bond donors (Lipinski definition) is 0. The van der Waals surface area contributed by atoms with E-state index in [2.05, 4.69) is 57.1 Å². The van der Waals surface area contributed by atoms with Crippen LogP contribution < -0.4 is 4.90 Å². The zero-order valence-electron chi connectivity index (χ0n) is 14.3. The highest BCUT2D eigenvalue weighted by Gasteiger charge is 2.24. The first-order valence-corrected chi connectivity index (χ1v) is 8.07. The quantitative estimate of drug-likeness (QED) is 0.832. The Balaban J connectivity index is 1.62. The van der Waals surface area contributed by atoms with Crippen molar-refractivity contribution in [3.8, 4) is 6.07 Å². The molecule has 0 unspecified atom stereocenters. The lowest BCUT2D eigenvalue weighted by Gasteiger charge is -2.35. The van der Waals surface area contributed by atoms with Crippen molar-refractivity contribution in [3.05, 3.63) is 29.7 Å². The van der Waals surface area contributed by atoms with Crippen LogP contribution in [0.3, 0.4) is 0 Å². The van der Waals surface area contributed by atoms with Gasteiger partial charge in [-0.3, -0.25) is 4.90 Å². The minimum Gasteiger partial charge on any atom is -0.354 e. The zero-order chi connectivity index (χ0) is 17.2. The van der Waals surface area contributed by atoms with Gasteiger partial charge in [-0.2, -0.15) is 5.26 Å². The molecule has 0 spiro atoms. The fraction of sp³-hybridized carbons (Fsp3) is 0.562. The summed E-state index contributed by atoms with van der Waals surface area (Å²) in [6, 6.07) is 5.73. The van der Waals surface area contributed by atoms with Gasteiger partial charge in [0.05, 0.1) is 18.3 Å². The maximum atomic E-state index is 9.01. The highest BCUT2D eigenvalue weighted by molar-refractivity contribution is 5.45. The molecule has 126 valence electrons. The van der Waals surface area contributed by atoms with Gasteiger partial charge < -0.3 is 4.90 Å². The van der Waals surface area contributed by atoms with Gasteiger partial charge in [0.15, 0.2) is 5.82 Å². The molecular weight excluding hydrogens is 304 g/mol. The largest absolute Gasteiger partial charge is 0.354 e. The molecule has 1 fully saturated rings. The molecule has 0 bridgehead atoms. The molecule has 2 aromatic heterocycles. The lowest BCUT2D eigenvalue weighted by molar-refractivity contribution is 0.187. The fourth-order valence-corrected chi connectivity index (χ4v) is 2.81. The van der Waals surface area contributed by atoms with Crippen molar-refractivity contribution in [1.29, 1.82) is 5.26 Å². The normalized spacial score (nSPS) is 16.2. The van der Waals surface area contributed by atoms with Crippen molar-refractivity contribution in [3.63, 3.8) is 0 Å². The van der Waals surface area contributed by atoms with E-state index in [4.69, 9.17) is 5.26 Å². The van der Waals surface area contributed by atoms with Crippen LogP contribution in [0.4, 0.5) is 5.82 Å². The van der Waals surface area contributed by atoms with E-state index >= 15 is 0 Å². The summed E-state index contributed by atoms with van der Waals surface area (Å²) < 4.78 is 1.88. The van der Waals surface area contributed by atoms with Gasteiger partial charge in [-0.25, -0.2) is 9.67 Å². The van der Waals surface area contributed by atoms with E-state index in [1.807, 2.05) is 10.7 Å². The third-order valence-electron chi connectivity index (χ3n) is 4.11. The van der Waals surface area contributed by atoms with Crippen molar-refractivity contribution >= 4 is 5.82 Å². The summed E-state index contributed by atoms with van der Waals surface area (Å²) in [6.45, 7) is 10.6. The number of pyridine rings is 1. The third kappa shape index (κ3) is 3.51. The predicted molar refractivity (Wildman–Crippen MR) is 89.3 cm³/mol. The lowest BCUT2D eigenvalue weighted by Crippen LogP contribution is -2.47. The monoisotopic (exact) mass is 326 g/mol. The summed E-state index contributed by atoms with van der Waals surface area (Å²) in [6.07, 6.45) is 1.69. The first-order chi connectivity index (χ1) is 11.5. The first-order valence-electron chi connectivity index (χ1n) is 8.07. The van der Waals surface area contributed by atoms with Gasteiger partial charge in [-0.15, -0.1) is 5.10 Å². The Kier molecular flexibility index (Phi) is 4.44. The third-order valence-corrected chi connectivity index (χ3v) is 4.11. The molecule has 3 heterocycles. The molecule has 24 heavy (non-hydrogen) atoms. The number of piperazine rings is 1. The Hall–Kier alpha value is -2.53. The average Bonchev–Trinajstić information content (AvgIpc) is 3.04. The first kappa shape index (κ1) is 16.3. The highest BCUT2D eigenvalue weighted by Crippen LogP contribution is 2.19. The molecule has 0 atom stereocenters. The van der Waals surface area contributed by atoms with E-state index in [1.54, 1.807) is 12.3 Å². The Bertz CT molecular complexity index is 731. The summed E-state index contributed by atoms with van der Waals surface area (Å²) in [7, 11) is 0. The van der Waals surface area contributed by atoms with Gasteiger partial charge in [-0.05, 0) is 22.6 Å². The number of hydrogen-bond acceptors (Lipinski definition) is 7. The zero-order valence-corrected chi connectivity index (χ0v) is 14.3. The minimum absolute atomic E-state index is 0.0764. The molecule has 8 nitrogen and oxygen atoms in total. The number of anilines is 1. The molecule has 0 N–H and O–H groups in total. The number of rotatable bonds is 3. The molecule has 3 rings (SSSR count). The number of aromatic nitrogens is 5. The predicted octanol–water partition coefficient (Wildman–Crippen LogP) is 1.02. The van der Waals surface area contributed by atoms with Gasteiger partial charge in [-0.1, -0.05) is 20.8 Å². The van der Waals surface area contributed by atoms with Crippen LogP contribution in [-0.2, 0) is 12.1 Å². The van der Waals surface area contributed by atoms with E-state index in [0.29, 0.717) is 12.2 Å². The molecule has 1 aliphatic heterocycles. The van der Waals surface area contributed by atoms with Crippen LogP contribution in [0.2, 0.25) is 0 Å². The molecule has 8 heteroatoms. The molecule has 0 radical (unpaired) electrons. The topological polar surface area (TPSA) is 86.8 Å². The maximum absolute atomic E-state index is 9.01. The molecule has 2 aromatic rings. The van der Waals surface area contributed by atoms with Crippen molar-refractivity contribution in [2.24, 2.45) is 0 Å². The van der Waals surface area contributed by atoms with Crippen LogP contribution in [-0.4, -0.2) is 56.3 Å². The summed E-state index contributed by atoms with van der Waals surface area (Å²) >= 11 is 0. The van der Waals surface area contributed by atoms with Crippen LogP contribution in [0.25, 0.3) is 0 Å². The van der Waals surface area contributed by atoms with Crippen molar-refractivity contribution in [2.45, 2.75) is 32.9 Å². The number of tetrazole rings is 1. The smallest absolute Gasteiger partial charge is 0.158 e. The highest BCUT2D eigenvalue weighted by atomic mass is 15.6. The molecule has 1 aliphatic rings. The molecule has 0 amide bonds. The van der Waals surface area contributed by atoms with Crippen LogP contribution in [0.15, 0.2) is 18.3 Å². The van der Waals surface area contributed by atoms with Crippen LogP contribution in [0.5, 0.6) is 0 Å². The van der Waals surface area contributed by atoms with Gasteiger partial charge in [0, 0.05) is 37.8 Å². The van der Waals surface area contributed by atoms with Crippen molar-refractivity contribution in [1.82, 2.24) is 30.1 Å². The van der Waals surface area contributed by atoms with E-state index in [-0.39, 0.29) is 5.41 Å². The average molecular weight is 326 g/mol. The minimum atomic E-state index is -0.0764. The molecular formula is C16H22N8. The Morgan fingerprint density at radius 3 is 2.62 bits per heavy atom. The van der Waals surface area contributed by atoms with Gasteiger partial charge in [0.1, 0.15) is 5.82 Å².